The number of ether oxygens (including phenoxy) is 1. The fourth-order valence-corrected chi connectivity index (χ4v) is 3.92. The molecular weight excluding hydrogens is 362 g/mol. The predicted octanol–water partition coefficient (Wildman–Crippen LogP) is 3.85. The first-order chi connectivity index (χ1) is 14.2. The van der Waals surface area contributed by atoms with E-state index in [0.29, 0.717) is 31.0 Å². The van der Waals surface area contributed by atoms with Crippen LogP contribution < -0.4 is 0 Å². The number of morpholine rings is 1. The molecule has 0 spiro atoms. The van der Waals surface area contributed by atoms with Crippen LogP contribution in [0.5, 0.6) is 0 Å². The maximum atomic E-state index is 13.0. The lowest BCUT2D eigenvalue weighted by atomic mass is 9.86. The van der Waals surface area contributed by atoms with Gasteiger partial charge in [-0.1, -0.05) is 60.7 Å². The van der Waals surface area contributed by atoms with Crippen LogP contribution in [0, 0.1) is 6.92 Å². The van der Waals surface area contributed by atoms with Crippen molar-refractivity contribution >= 4 is 5.91 Å². The molecule has 29 heavy (non-hydrogen) atoms. The third-order valence-corrected chi connectivity index (χ3v) is 5.47. The lowest BCUT2D eigenvalue weighted by molar-refractivity contribution is -0.0264. The molecule has 2 aromatic carbocycles. The van der Waals surface area contributed by atoms with Crippen molar-refractivity contribution in [2.24, 2.45) is 0 Å². The average Bonchev–Trinajstić information content (AvgIpc) is 2.79. The molecule has 5 nitrogen and oxygen atoms in total. The van der Waals surface area contributed by atoms with Gasteiger partial charge < -0.3 is 9.64 Å². The molecule has 1 amide bonds. The molecule has 0 radical (unpaired) electrons. The van der Waals surface area contributed by atoms with Crippen molar-refractivity contribution in [3.8, 4) is 0 Å². The highest BCUT2D eigenvalue weighted by Gasteiger charge is 2.29. The molecule has 3 aromatic rings. The van der Waals surface area contributed by atoms with Gasteiger partial charge in [0.15, 0.2) is 0 Å². The molecule has 0 bridgehead atoms. The molecular formula is C24H25N3O2. The summed E-state index contributed by atoms with van der Waals surface area (Å²) in [7, 11) is 0. The summed E-state index contributed by atoms with van der Waals surface area (Å²) >= 11 is 0. The van der Waals surface area contributed by atoms with E-state index in [9.17, 15) is 4.79 Å². The van der Waals surface area contributed by atoms with E-state index < -0.39 is 0 Å². The van der Waals surface area contributed by atoms with Gasteiger partial charge in [-0.05, 0) is 24.5 Å². The van der Waals surface area contributed by atoms with Crippen molar-refractivity contribution in [2.75, 3.05) is 19.7 Å². The quantitative estimate of drug-likeness (QED) is 0.667. The zero-order chi connectivity index (χ0) is 20.1. The second-order valence-corrected chi connectivity index (χ2v) is 7.38. The van der Waals surface area contributed by atoms with E-state index in [1.165, 1.54) is 17.5 Å². The van der Waals surface area contributed by atoms with E-state index >= 15 is 0 Å². The van der Waals surface area contributed by atoms with E-state index in [0.717, 1.165) is 6.42 Å². The van der Waals surface area contributed by atoms with Gasteiger partial charge in [-0.3, -0.25) is 4.79 Å². The minimum atomic E-state index is -0.0250. The van der Waals surface area contributed by atoms with Crippen LogP contribution in [0.15, 0.2) is 73.2 Å². The van der Waals surface area contributed by atoms with Crippen molar-refractivity contribution in [3.63, 3.8) is 0 Å². The Morgan fingerprint density at radius 2 is 1.76 bits per heavy atom. The SMILES string of the molecule is Cc1ncncc1C(=O)N1CCO[C@@H](CC(c2ccccc2)c2ccccc2)C1. The fraction of sp³-hybridized carbons (Fsp3) is 0.292. The Labute approximate surface area is 171 Å². The molecule has 0 aliphatic carbocycles. The van der Waals surface area contributed by atoms with Gasteiger partial charge in [-0.15, -0.1) is 0 Å². The summed E-state index contributed by atoms with van der Waals surface area (Å²) in [5.41, 5.74) is 3.80. The van der Waals surface area contributed by atoms with E-state index in [4.69, 9.17) is 4.74 Å². The second-order valence-electron chi connectivity index (χ2n) is 7.38. The first-order valence-corrected chi connectivity index (χ1v) is 9.99. The maximum absolute atomic E-state index is 13.0. The number of rotatable bonds is 5. The smallest absolute Gasteiger partial charge is 0.257 e. The van der Waals surface area contributed by atoms with Crippen molar-refractivity contribution < 1.29 is 9.53 Å². The Morgan fingerprint density at radius 1 is 1.10 bits per heavy atom. The molecule has 4 rings (SSSR count). The summed E-state index contributed by atoms with van der Waals surface area (Å²) in [6.45, 7) is 3.54. The lowest BCUT2D eigenvalue weighted by Gasteiger charge is -2.35. The van der Waals surface area contributed by atoms with Crippen molar-refractivity contribution in [1.29, 1.82) is 0 Å². The molecule has 0 N–H and O–H groups in total. The summed E-state index contributed by atoms with van der Waals surface area (Å²) in [5, 5.41) is 0. The van der Waals surface area contributed by atoms with Crippen LogP contribution in [0.2, 0.25) is 0 Å². The molecule has 5 heteroatoms. The molecule has 148 valence electrons. The Kier molecular flexibility index (Phi) is 5.96. The minimum absolute atomic E-state index is 0.0210. The Balaban J connectivity index is 1.52. The van der Waals surface area contributed by atoms with Crippen LogP contribution >= 0.6 is 0 Å². The number of aryl methyl sites for hydroxylation is 1. The highest BCUT2D eigenvalue weighted by atomic mass is 16.5. The molecule has 0 saturated carbocycles. The standard InChI is InChI=1S/C24H25N3O2/c1-18-23(15-25-17-26-18)24(28)27-12-13-29-21(16-27)14-22(19-8-4-2-5-9-19)20-10-6-3-7-11-20/h2-11,15,17,21-22H,12-14,16H2,1H3/t21-/m0/s1. The van der Waals surface area contributed by atoms with E-state index in [-0.39, 0.29) is 17.9 Å². The van der Waals surface area contributed by atoms with Gasteiger partial charge in [0.2, 0.25) is 0 Å². The zero-order valence-corrected chi connectivity index (χ0v) is 16.6. The number of carbonyl (C=O) groups excluding carboxylic acids is 1. The summed E-state index contributed by atoms with van der Waals surface area (Å²) in [6.07, 6.45) is 3.87. The number of benzene rings is 2. The number of hydrogen-bond donors (Lipinski definition) is 0. The summed E-state index contributed by atoms with van der Waals surface area (Å²) in [6, 6.07) is 21.0. The van der Waals surface area contributed by atoms with Gasteiger partial charge in [0.25, 0.3) is 5.91 Å². The Hall–Kier alpha value is -3.05. The van der Waals surface area contributed by atoms with Crippen LogP contribution in [0.4, 0.5) is 0 Å². The van der Waals surface area contributed by atoms with Gasteiger partial charge in [-0.25, -0.2) is 9.97 Å². The van der Waals surface area contributed by atoms with Gasteiger partial charge in [0.1, 0.15) is 6.33 Å². The Morgan fingerprint density at radius 3 is 2.38 bits per heavy atom. The zero-order valence-electron chi connectivity index (χ0n) is 16.6. The van der Waals surface area contributed by atoms with Crippen LogP contribution in [-0.2, 0) is 4.74 Å². The van der Waals surface area contributed by atoms with Crippen molar-refractivity contribution in [1.82, 2.24) is 14.9 Å². The normalized spacial score (nSPS) is 16.8. The first-order valence-electron chi connectivity index (χ1n) is 9.99. The van der Waals surface area contributed by atoms with Crippen molar-refractivity contribution in [3.05, 3.63) is 95.6 Å². The van der Waals surface area contributed by atoms with Crippen LogP contribution in [-0.4, -0.2) is 46.6 Å². The molecule has 1 aromatic heterocycles. The summed E-state index contributed by atoms with van der Waals surface area (Å²) in [4.78, 5) is 23.0. The van der Waals surface area contributed by atoms with Gasteiger partial charge in [0, 0.05) is 25.2 Å². The highest BCUT2D eigenvalue weighted by molar-refractivity contribution is 5.95. The predicted molar refractivity (Wildman–Crippen MR) is 112 cm³/mol. The summed E-state index contributed by atoms with van der Waals surface area (Å²) < 4.78 is 6.07. The highest BCUT2D eigenvalue weighted by Crippen LogP contribution is 2.31. The summed E-state index contributed by atoms with van der Waals surface area (Å²) in [5.74, 6) is 0.201. The molecule has 1 atom stereocenters. The van der Waals surface area contributed by atoms with E-state index in [1.807, 2.05) is 24.0 Å². The minimum Gasteiger partial charge on any atom is -0.375 e. The number of nitrogens with zero attached hydrogens (tertiary/aromatic N) is 3. The largest absolute Gasteiger partial charge is 0.375 e. The van der Waals surface area contributed by atoms with Gasteiger partial charge >= 0.3 is 0 Å². The van der Waals surface area contributed by atoms with Gasteiger partial charge in [0.05, 0.1) is 24.0 Å². The van der Waals surface area contributed by atoms with Crippen LogP contribution in [0.1, 0.15) is 39.5 Å². The third kappa shape index (κ3) is 4.51. The van der Waals surface area contributed by atoms with Crippen LogP contribution in [0.25, 0.3) is 0 Å². The van der Waals surface area contributed by atoms with E-state index in [1.54, 1.807) is 6.20 Å². The molecule has 0 unspecified atom stereocenters. The van der Waals surface area contributed by atoms with Gasteiger partial charge in [-0.2, -0.15) is 0 Å². The number of aromatic nitrogens is 2. The molecule has 2 heterocycles. The average molecular weight is 387 g/mol. The number of hydrogen-bond acceptors (Lipinski definition) is 4. The molecule has 1 saturated heterocycles. The molecule has 1 fully saturated rings. The molecule has 1 aliphatic heterocycles. The van der Waals surface area contributed by atoms with Crippen molar-refractivity contribution in [2.45, 2.75) is 25.4 Å². The first kappa shape index (κ1) is 19.3. The number of amides is 1. The van der Waals surface area contributed by atoms with Crippen LogP contribution in [0.3, 0.4) is 0 Å². The Bertz CT molecular complexity index is 907. The second kappa shape index (κ2) is 8.97. The number of carbonyl (C=O) groups is 1. The topological polar surface area (TPSA) is 55.3 Å². The molecule has 1 aliphatic rings. The monoisotopic (exact) mass is 387 g/mol. The maximum Gasteiger partial charge on any atom is 0.257 e. The third-order valence-electron chi connectivity index (χ3n) is 5.47. The van der Waals surface area contributed by atoms with E-state index in [2.05, 4.69) is 58.5 Å². The lowest BCUT2D eigenvalue weighted by Crippen LogP contribution is -2.46. The fourth-order valence-electron chi connectivity index (χ4n) is 3.92.